The summed E-state index contributed by atoms with van der Waals surface area (Å²) in [6.45, 7) is 3.56. The largest absolute Gasteiger partial charge is 0.379 e. The highest BCUT2D eigenvalue weighted by molar-refractivity contribution is 5.85. The number of aldehydes is 1. The molecular formula is C13H17NO2. The maximum Gasteiger partial charge on any atom is 0.152 e. The summed E-state index contributed by atoms with van der Waals surface area (Å²) in [5.41, 5.74) is 2.87. The van der Waals surface area contributed by atoms with Gasteiger partial charge in [0.15, 0.2) is 6.29 Å². The van der Waals surface area contributed by atoms with Crippen LogP contribution in [0.25, 0.3) is 0 Å². The van der Waals surface area contributed by atoms with Crippen LogP contribution in [0, 0.1) is 6.92 Å². The van der Waals surface area contributed by atoms with Crippen LogP contribution in [-0.4, -0.2) is 32.6 Å². The molecule has 3 nitrogen and oxygen atoms in total. The van der Waals surface area contributed by atoms with Crippen molar-refractivity contribution in [2.24, 2.45) is 0 Å². The van der Waals surface area contributed by atoms with Crippen molar-refractivity contribution in [1.82, 2.24) is 0 Å². The van der Waals surface area contributed by atoms with Gasteiger partial charge in [0, 0.05) is 24.9 Å². The number of hydrogen-bond acceptors (Lipinski definition) is 3. The first kappa shape index (κ1) is 11.1. The Hall–Kier alpha value is -1.35. The molecule has 0 radical (unpaired) electrons. The molecule has 0 N–H and O–H groups in total. The van der Waals surface area contributed by atoms with Gasteiger partial charge in [0.25, 0.3) is 0 Å². The van der Waals surface area contributed by atoms with Crippen molar-refractivity contribution in [2.75, 3.05) is 25.2 Å². The van der Waals surface area contributed by atoms with Gasteiger partial charge in [0.05, 0.1) is 12.6 Å². The van der Waals surface area contributed by atoms with Crippen molar-refractivity contribution in [1.29, 1.82) is 0 Å². The number of likely N-dealkylation sites (N-methyl/N-ethyl adjacent to an activating group) is 1. The summed E-state index contributed by atoms with van der Waals surface area (Å²) in [4.78, 5) is 13.2. The van der Waals surface area contributed by atoms with Gasteiger partial charge in [-0.05, 0) is 25.5 Å². The Morgan fingerprint density at radius 3 is 2.94 bits per heavy atom. The second-order valence-corrected chi connectivity index (χ2v) is 4.31. The standard InChI is InChI=1S/C13H17NO2/c1-10-3-4-13(11(7-10)8-15)14(2)12-5-6-16-9-12/h3-4,7-8,12H,5-6,9H2,1-2H3. The van der Waals surface area contributed by atoms with Gasteiger partial charge in [-0.3, -0.25) is 4.79 Å². The van der Waals surface area contributed by atoms with Crippen LogP contribution in [0.4, 0.5) is 5.69 Å². The Morgan fingerprint density at radius 2 is 2.31 bits per heavy atom. The molecule has 1 aromatic rings. The maximum atomic E-state index is 11.0. The summed E-state index contributed by atoms with van der Waals surface area (Å²) in [6, 6.07) is 6.36. The molecule has 1 atom stereocenters. The van der Waals surface area contributed by atoms with E-state index in [0.717, 1.165) is 42.7 Å². The molecule has 1 aliphatic rings. The number of carbonyl (C=O) groups excluding carboxylic acids is 1. The Labute approximate surface area is 96.0 Å². The molecule has 0 amide bonds. The molecule has 0 spiro atoms. The van der Waals surface area contributed by atoms with E-state index >= 15 is 0 Å². The summed E-state index contributed by atoms with van der Waals surface area (Å²) < 4.78 is 5.37. The lowest BCUT2D eigenvalue weighted by Crippen LogP contribution is -2.32. The van der Waals surface area contributed by atoms with Gasteiger partial charge in [0.2, 0.25) is 0 Å². The van der Waals surface area contributed by atoms with Gasteiger partial charge in [-0.2, -0.15) is 0 Å². The molecular weight excluding hydrogens is 202 g/mol. The highest BCUT2D eigenvalue weighted by Gasteiger charge is 2.21. The minimum absolute atomic E-state index is 0.390. The molecule has 2 rings (SSSR count). The monoisotopic (exact) mass is 219 g/mol. The van der Waals surface area contributed by atoms with E-state index in [4.69, 9.17) is 4.74 Å². The zero-order chi connectivity index (χ0) is 11.5. The van der Waals surface area contributed by atoms with Crippen molar-refractivity contribution >= 4 is 12.0 Å². The number of carbonyl (C=O) groups is 1. The molecule has 3 heteroatoms. The highest BCUT2D eigenvalue weighted by Crippen LogP contribution is 2.24. The Morgan fingerprint density at radius 1 is 1.50 bits per heavy atom. The van der Waals surface area contributed by atoms with Crippen LogP contribution in [0.2, 0.25) is 0 Å². The van der Waals surface area contributed by atoms with Crippen LogP contribution in [0.5, 0.6) is 0 Å². The van der Waals surface area contributed by atoms with Crippen LogP contribution in [-0.2, 0) is 4.74 Å². The van der Waals surface area contributed by atoms with E-state index in [1.54, 1.807) is 0 Å². The average molecular weight is 219 g/mol. The SMILES string of the molecule is Cc1ccc(N(C)C2CCOC2)c(C=O)c1. The summed E-state index contributed by atoms with van der Waals surface area (Å²) in [5.74, 6) is 0. The third-order valence-electron chi connectivity index (χ3n) is 3.14. The normalized spacial score (nSPS) is 19.8. The average Bonchev–Trinajstić information content (AvgIpc) is 2.81. The van der Waals surface area contributed by atoms with Crippen molar-refractivity contribution in [2.45, 2.75) is 19.4 Å². The molecule has 1 saturated heterocycles. The second kappa shape index (κ2) is 4.66. The first-order chi connectivity index (χ1) is 7.72. The number of benzene rings is 1. The zero-order valence-electron chi connectivity index (χ0n) is 9.77. The summed E-state index contributed by atoms with van der Waals surface area (Å²) >= 11 is 0. The minimum Gasteiger partial charge on any atom is -0.379 e. The lowest BCUT2D eigenvalue weighted by Gasteiger charge is -2.26. The Kier molecular flexibility index (Phi) is 3.25. The van der Waals surface area contributed by atoms with Crippen LogP contribution in [0.1, 0.15) is 22.3 Å². The number of ether oxygens (including phenoxy) is 1. The second-order valence-electron chi connectivity index (χ2n) is 4.31. The molecule has 0 aliphatic carbocycles. The Bertz CT molecular complexity index is 384. The van der Waals surface area contributed by atoms with E-state index < -0.39 is 0 Å². The van der Waals surface area contributed by atoms with Crippen molar-refractivity contribution < 1.29 is 9.53 Å². The summed E-state index contributed by atoms with van der Waals surface area (Å²) in [6.07, 6.45) is 1.96. The smallest absolute Gasteiger partial charge is 0.152 e. The molecule has 0 bridgehead atoms. The van der Waals surface area contributed by atoms with Gasteiger partial charge >= 0.3 is 0 Å². The van der Waals surface area contributed by atoms with Crippen LogP contribution in [0.3, 0.4) is 0 Å². The van der Waals surface area contributed by atoms with E-state index in [2.05, 4.69) is 4.90 Å². The number of rotatable bonds is 3. The highest BCUT2D eigenvalue weighted by atomic mass is 16.5. The first-order valence-corrected chi connectivity index (χ1v) is 5.59. The molecule has 1 heterocycles. The van der Waals surface area contributed by atoms with Crippen molar-refractivity contribution in [3.05, 3.63) is 29.3 Å². The quantitative estimate of drug-likeness (QED) is 0.728. The molecule has 1 aromatic carbocycles. The number of anilines is 1. The van der Waals surface area contributed by atoms with Gasteiger partial charge < -0.3 is 9.64 Å². The predicted molar refractivity (Wildman–Crippen MR) is 64.2 cm³/mol. The zero-order valence-corrected chi connectivity index (χ0v) is 9.77. The molecule has 1 fully saturated rings. The minimum atomic E-state index is 0.390. The lowest BCUT2D eigenvalue weighted by molar-refractivity contribution is 0.112. The first-order valence-electron chi connectivity index (χ1n) is 5.59. The molecule has 0 saturated carbocycles. The lowest BCUT2D eigenvalue weighted by atomic mass is 10.1. The van der Waals surface area contributed by atoms with Gasteiger partial charge in [-0.1, -0.05) is 11.6 Å². The predicted octanol–water partition coefficient (Wildman–Crippen LogP) is 2.03. The van der Waals surface area contributed by atoms with E-state index in [0.29, 0.717) is 6.04 Å². The summed E-state index contributed by atoms with van der Waals surface area (Å²) in [5, 5.41) is 0. The topological polar surface area (TPSA) is 29.5 Å². The van der Waals surface area contributed by atoms with Crippen LogP contribution >= 0.6 is 0 Å². The van der Waals surface area contributed by atoms with Gasteiger partial charge in [-0.25, -0.2) is 0 Å². The van der Waals surface area contributed by atoms with E-state index in [1.165, 1.54) is 0 Å². The third-order valence-corrected chi connectivity index (χ3v) is 3.14. The van der Waals surface area contributed by atoms with E-state index in [-0.39, 0.29) is 0 Å². The molecule has 86 valence electrons. The fourth-order valence-electron chi connectivity index (χ4n) is 2.11. The van der Waals surface area contributed by atoms with Gasteiger partial charge in [-0.15, -0.1) is 0 Å². The maximum absolute atomic E-state index is 11.0. The van der Waals surface area contributed by atoms with Crippen LogP contribution < -0.4 is 4.90 Å². The Balaban J connectivity index is 2.27. The van der Waals surface area contributed by atoms with E-state index in [1.807, 2.05) is 32.2 Å². The third kappa shape index (κ3) is 2.09. The fraction of sp³-hybridized carbons (Fsp3) is 0.462. The molecule has 1 aliphatic heterocycles. The number of hydrogen-bond donors (Lipinski definition) is 0. The fourth-order valence-corrected chi connectivity index (χ4v) is 2.11. The molecule has 1 unspecified atom stereocenters. The number of nitrogens with zero attached hydrogens (tertiary/aromatic N) is 1. The van der Waals surface area contributed by atoms with Crippen molar-refractivity contribution in [3.63, 3.8) is 0 Å². The number of aryl methyl sites for hydroxylation is 1. The molecule has 16 heavy (non-hydrogen) atoms. The van der Waals surface area contributed by atoms with Crippen LogP contribution in [0.15, 0.2) is 18.2 Å². The summed E-state index contributed by atoms with van der Waals surface area (Å²) in [7, 11) is 2.02. The molecule has 0 aromatic heterocycles. The van der Waals surface area contributed by atoms with Gasteiger partial charge in [0.1, 0.15) is 0 Å². The van der Waals surface area contributed by atoms with E-state index in [9.17, 15) is 4.79 Å². The van der Waals surface area contributed by atoms with Crippen molar-refractivity contribution in [3.8, 4) is 0 Å².